The van der Waals surface area contributed by atoms with Crippen LogP contribution in [0.1, 0.15) is 18.4 Å². The summed E-state index contributed by atoms with van der Waals surface area (Å²) in [5, 5.41) is 4.66. The molecule has 38 heavy (non-hydrogen) atoms. The van der Waals surface area contributed by atoms with Crippen LogP contribution in [-0.4, -0.2) is 43.0 Å². The standard InChI is InChI=1S/C27H25F5N4O2/c28-21-22(29)24(31)26(25(32)23(21)30)34-27(38)36-15-13-35(14-16-36)19-11-9-18(10-12-19)33-20(37)8-4-7-17-5-2-1-3-6-17/h1-3,5-6,9-12H,4,7-8,13-16H2,(H,33,37)(H,34,38). The molecular formula is C27H25F5N4O2. The first-order chi connectivity index (χ1) is 18.2. The number of hydrogen-bond acceptors (Lipinski definition) is 3. The zero-order chi connectivity index (χ0) is 27.2. The molecule has 1 aliphatic heterocycles. The molecule has 0 saturated carbocycles. The van der Waals surface area contributed by atoms with Gasteiger partial charge < -0.3 is 20.4 Å². The third-order valence-electron chi connectivity index (χ3n) is 6.24. The van der Waals surface area contributed by atoms with E-state index in [-0.39, 0.29) is 19.0 Å². The van der Waals surface area contributed by atoms with E-state index >= 15 is 0 Å². The Morgan fingerprint density at radius 2 is 1.29 bits per heavy atom. The van der Waals surface area contributed by atoms with E-state index in [2.05, 4.69) is 5.32 Å². The second kappa shape index (κ2) is 11.9. The highest BCUT2D eigenvalue weighted by Crippen LogP contribution is 2.28. The second-order valence-electron chi connectivity index (χ2n) is 8.78. The molecule has 1 aliphatic rings. The summed E-state index contributed by atoms with van der Waals surface area (Å²) in [5.74, 6) is -10.8. The van der Waals surface area contributed by atoms with Gasteiger partial charge in [0.2, 0.25) is 11.7 Å². The van der Waals surface area contributed by atoms with Crippen LogP contribution in [-0.2, 0) is 11.2 Å². The first-order valence-corrected chi connectivity index (χ1v) is 12.0. The van der Waals surface area contributed by atoms with E-state index < -0.39 is 40.8 Å². The molecular weight excluding hydrogens is 507 g/mol. The van der Waals surface area contributed by atoms with Crippen molar-refractivity contribution in [2.75, 3.05) is 41.7 Å². The van der Waals surface area contributed by atoms with E-state index in [9.17, 15) is 31.5 Å². The Bertz CT molecular complexity index is 1270. The molecule has 1 heterocycles. The Kier molecular flexibility index (Phi) is 8.45. The quantitative estimate of drug-likeness (QED) is 0.233. The van der Waals surface area contributed by atoms with Crippen LogP contribution in [0.15, 0.2) is 54.6 Å². The number of rotatable bonds is 7. The van der Waals surface area contributed by atoms with Crippen LogP contribution in [0, 0.1) is 29.1 Å². The number of anilines is 3. The molecule has 1 saturated heterocycles. The van der Waals surface area contributed by atoms with Crippen molar-refractivity contribution in [1.29, 1.82) is 0 Å². The maximum atomic E-state index is 13.9. The normalized spacial score (nSPS) is 13.4. The zero-order valence-electron chi connectivity index (χ0n) is 20.2. The lowest BCUT2D eigenvalue weighted by Gasteiger charge is -2.36. The monoisotopic (exact) mass is 532 g/mol. The highest BCUT2D eigenvalue weighted by atomic mass is 19.2. The van der Waals surface area contributed by atoms with Crippen molar-refractivity contribution in [3.05, 3.63) is 89.2 Å². The van der Waals surface area contributed by atoms with Gasteiger partial charge in [0.25, 0.3) is 0 Å². The molecule has 0 atom stereocenters. The van der Waals surface area contributed by atoms with Crippen LogP contribution in [0.3, 0.4) is 0 Å². The minimum atomic E-state index is -2.29. The van der Waals surface area contributed by atoms with Crippen LogP contribution in [0.25, 0.3) is 0 Å². The fourth-order valence-corrected chi connectivity index (χ4v) is 4.15. The Balaban J connectivity index is 1.25. The molecule has 0 bridgehead atoms. The Labute approximate surface area is 216 Å². The van der Waals surface area contributed by atoms with Gasteiger partial charge in [-0.1, -0.05) is 30.3 Å². The fraction of sp³-hybridized carbons (Fsp3) is 0.259. The topological polar surface area (TPSA) is 64.7 Å². The predicted molar refractivity (Wildman–Crippen MR) is 133 cm³/mol. The summed E-state index contributed by atoms with van der Waals surface area (Å²) >= 11 is 0. The summed E-state index contributed by atoms with van der Waals surface area (Å²) in [6.07, 6.45) is 1.94. The Morgan fingerprint density at radius 3 is 1.89 bits per heavy atom. The van der Waals surface area contributed by atoms with Crippen LogP contribution < -0.4 is 15.5 Å². The molecule has 0 aromatic heterocycles. The van der Waals surface area contributed by atoms with E-state index in [0.29, 0.717) is 25.2 Å². The van der Waals surface area contributed by atoms with Gasteiger partial charge in [-0.25, -0.2) is 26.7 Å². The zero-order valence-corrected chi connectivity index (χ0v) is 20.2. The van der Waals surface area contributed by atoms with Crippen molar-refractivity contribution in [2.45, 2.75) is 19.3 Å². The lowest BCUT2D eigenvalue weighted by atomic mass is 10.1. The van der Waals surface area contributed by atoms with Crippen molar-refractivity contribution in [2.24, 2.45) is 0 Å². The maximum absolute atomic E-state index is 13.9. The number of halogens is 5. The minimum absolute atomic E-state index is 0.0814. The summed E-state index contributed by atoms with van der Waals surface area (Å²) in [6, 6.07) is 16.1. The molecule has 1 fully saturated rings. The van der Waals surface area contributed by atoms with Crippen LogP contribution in [0.2, 0.25) is 0 Å². The highest BCUT2D eigenvalue weighted by Gasteiger charge is 2.29. The summed E-state index contributed by atoms with van der Waals surface area (Å²) in [4.78, 5) is 27.8. The van der Waals surface area contributed by atoms with Gasteiger partial charge in [-0.2, -0.15) is 0 Å². The summed E-state index contributed by atoms with van der Waals surface area (Å²) < 4.78 is 67.7. The number of aryl methyl sites for hydroxylation is 1. The van der Waals surface area contributed by atoms with Gasteiger partial charge in [-0.15, -0.1) is 0 Å². The highest BCUT2D eigenvalue weighted by molar-refractivity contribution is 5.91. The first kappa shape index (κ1) is 26.9. The van der Waals surface area contributed by atoms with Gasteiger partial charge in [0, 0.05) is 44.0 Å². The molecule has 6 nitrogen and oxygen atoms in total. The minimum Gasteiger partial charge on any atom is -0.368 e. The SMILES string of the molecule is O=C(CCCc1ccccc1)Nc1ccc(N2CCN(C(=O)Nc3c(F)c(F)c(F)c(F)c3F)CC2)cc1. The number of carbonyl (C=O) groups is 2. The number of urea groups is 1. The van der Waals surface area contributed by atoms with Crippen LogP contribution in [0.5, 0.6) is 0 Å². The van der Waals surface area contributed by atoms with Crippen molar-refractivity contribution in [1.82, 2.24) is 4.90 Å². The second-order valence-corrected chi connectivity index (χ2v) is 8.78. The summed E-state index contributed by atoms with van der Waals surface area (Å²) in [7, 11) is 0. The number of amides is 3. The first-order valence-electron chi connectivity index (χ1n) is 12.0. The lowest BCUT2D eigenvalue weighted by molar-refractivity contribution is -0.116. The lowest BCUT2D eigenvalue weighted by Crippen LogP contribution is -2.50. The van der Waals surface area contributed by atoms with Crippen molar-refractivity contribution < 1.29 is 31.5 Å². The van der Waals surface area contributed by atoms with Gasteiger partial charge >= 0.3 is 6.03 Å². The third-order valence-corrected chi connectivity index (χ3v) is 6.24. The number of carbonyl (C=O) groups excluding carboxylic acids is 2. The molecule has 0 unspecified atom stereocenters. The number of benzene rings is 3. The van der Waals surface area contributed by atoms with Gasteiger partial charge in [-0.05, 0) is 42.7 Å². The van der Waals surface area contributed by atoms with E-state index in [1.54, 1.807) is 17.4 Å². The average molecular weight is 533 g/mol. The molecule has 0 spiro atoms. The molecule has 200 valence electrons. The smallest absolute Gasteiger partial charge is 0.322 e. The van der Waals surface area contributed by atoms with Gasteiger partial charge in [0.15, 0.2) is 23.3 Å². The van der Waals surface area contributed by atoms with Crippen molar-refractivity contribution in [3.63, 3.8) is 0 Å². The molecule has 3 amide bonds. The Hall–Kier alpha value is -4.15. The fourth-order valence-electron chi connectivity index (χ4n) is 4.15. The van der Waals surface area contributed by atoms with Gasteiger partial charge in [-0.3, -0.25) is 4.79 Å². The molecule has 3 aromatic carbocycles. The van der Waals surface area contributed by atoms with Crippen LogP contribution >= 0.6 is 0 Å². The number of nitrogens with one attached hydrogen (secondary N) is 2. The van der Waals surface area contributed by atoms with E-state index in [1.807, 2.05) is 47.4 Å². The predicted octanol–water partition coefficient (Wildman–Crippen LogP) is 5.70. The number of hydrogen-bond donors (Lipinski definition) is 2. The molecule has 0 aliphatic carbocycles. The van der Waals surface area contributed by atoms with Gasteiger partial charge in [0.05, 0.1) is 0 Å². The van der Waals surface area contributed by atoms with Crippen molar-refractivity contribution in [3.8, 4) is 0 Å². The van der Waals surface area contributed by atoms with E-state index in [1.165, 1.54) is 10.5 Å². The number of piperazine rings is 1. The van der Waals surface area contributed by atoms with Crippen molar-refractivity contribution >= 4 is 29.0 Å². The molecule has 11 heteroatoms. The third kappa shape index (κ3) is 6.21. The van der Waals surface area contributed by atoms with Crippen LogP contribution in [0.4, 0.5) is 43.8 Å². The average Bonchev–Trinajstić information content (AvgIpc) is 2.94. The van der Waals surface area contributed by atoms with E-state index in [0.717, 1.165) is 18.5 Å². The molecule has 2 N–H and O–H groups in total. The largest absolute Gasteiger partial charge is 0.368 e. The van der Waals surface area contributed by atoms with Gasteiger partial charge in [0.1, 0.15) is 5.69 Å². The van der Waals surface area contributed by atoms with E-state index in [4.69, 9.17) is 0 Å². The number of nitrogens with zero attached hydrogens (tertiary/aromatic N) is 2. The molecule has 0 radical (unpaired) electrons. The summed E-state index contributed by atoms with van der Waals surface area (Å²) in [6.45, 7) is 1.05. The Morgan fingerprint density at radius 1 is 0.711 bits per heavy atom. The molecule has 4 rings (SSSR count). The maximum Gasteiger partial charge on any atom is 0.322 e. The summed E-state index contributed by atoms with van der Waals surface area (Å²) in [5.41, 5.74) is 1.29. The molecule has 3 aromatic rings.